The Labute approximate surface area is 140 Å². The monoisotopic (exact) mass is 359 g/mol. The van der Waals surface area contributed by atoms with Crippen molar-refractivity contribution in [3.8, 4) is 0 Å². The molecule has 0 fully saturated rings. The molecule has 25 heavy (non-hydrogen) atoms. The van der Waals surface area contributed by atoms with Crippen LogP contribution in [-0.2, 0) is 22.8 Å². The van der Waals surface area contributed by atoms with Crippen LogP contribution in [0.1, 0.15) is 23.0 Å². The lowest BCUT2D eigenvalue weighted by Crippen LogP contribution is -2.57. The zero-order valence-corrected chi connectivity index (χ0v) is 13.4. The molecule has 1 aliphatic carbocycles. The second-order valence-corrected chi connectivity index (χ2v) is 5.30. The third-order valence-corrected chi connectivity index (χ3v) is 3.52. The van der Waals surface area contributed by atoms with Crippen LogP contribution >= 0.6 is 0 Å². The molecule has 2 N–H and O–H groups in total. The van der Waals surface area contributed by atoms with Crippen molar-refractivity contribution in [3.63, 3.8) is 0 Å². The van der Waals surface area contributed by atoms with Crippen molar-refractivity contribution in [2.24, 2.45) is 13.0 Å². The molecule has 1 amide bonds. The van der Waals surface area contributed by atoms with Crippen LogP contribution in [0.25, 0.3) is 0 Å². The van der Waals surface area contributed by atoms with Gasteiger partial charge in [-0.1, -0.05) is 18.2 Å². The Kier molecular flexibility index (Phi) is 5.02. The molecular weight excluding hydrogens is 343 g/mol. The third-order valence-electron chi connectivity index (χ3n) is 3.52. The van der Waals surface area contributed by atoms with Crippen LogP contribution in [0.3, 0.4) is 0 Å². The van der Waals surface area contributed by atoms with Crippen molar-refractivity contribution in [1.82, 2.24) is 15.1 Å². The standard InChI is InChI=1S/C15H16F3N3O4/c1-3-25-14(7-5-4-6-10(14)13(23)24)19-12(22)9-8-21(2)20-11(9)15(16,17)18/h4-8,10H,3H2,1-2H3,(H,19,22)(H,23,24)/t10-,14?/m1/s1. The predicted octanol–water partition coefficient (Wildman–Crippen LogP) is 1.73. The minimum absolute atomic E-state index is 0.0292. The highest BCUT2D eigenvalue weighted by Gasteiger charge is 2.45. The number of ether oxygens (including phenoxy) is 1. The lowest BCUT2D eigenvalue weighted by Gasteiger charge is -2.36. The first-order chi connectivity index (χ1) is 11.6. The first-order valence-electron chi connectivity index (χ1n) is 7.27. The van der Waals surface area contributed by atoms with Crippen molar-refractivity contribution in [1.29, 1.82) is 0 Å². The van der Waals surface area contributed by atoms with E-state index in [2.05, 4.69) is 10.4 Å². The number of aromatic nitrogens is 2. The van der Waals surface area contributed by atoms with Crippen LogP contribution < -0.4 is 5.32 Å². The maximum Gasteiger partial charge on any atom is 0.435 e. The molecule has 2 atom stereocenters. The number of aliphatic carboxylic acids is 1. The third kappa shape index (κ3) is 3.73. The van der Waals surface area contributed by atoms with Crippen LogP contribution in [-0.4, -0.2) is 39.1 Å². The van der Waals surface area contributed by atoms with E-state index in [1.54, 1.807) is 6.92 Å². The fraction of sp³-hybridized carbons (Fsp3) is 0.400. The number of alkyl halides is 3. The lowest BCUT2D eigenvalue weighted by molar-refractivity contribution is -0.151. The van der Waals surface area contributed by atoms with Gasteiger partial charge in [-0.25, -0.2) is 0 Å². The summed E-state index contributed by atoms with van der Waals surface area (Å²) in [6.45, 7) is 1.60. The second-order valence-electron chi connectivity index (χ2n) is 5.30. The smallest absolute Gasteiger partial charge is 0.435 e. The maximum absolute atomic E-state index is 13.0. The van der Waals surface area contributed by atoms with Crippen molar-refractivity contribution in [3.05, 3.63) is 41.8 Å². The number of amides is 1. The number of hydrogen-bond acceptors (Lipinski definition) is 4. The predicted molar refractivity (Wildman–Crippen MR) is 79.4 cm³/mol. The number of nitrogens with one attached hydrogen (secondary N) is 1. The van der Waals surface area contributed by atoms with Gasteiger partial charge in [0.05, 0.1) is 5.56 Å². The van der Waals surface area contributed by atoms with Gasteiger partial charge >= 0.3 is 12.1 Å². The molecule has 1 heterocycles. The molecule has 0 spiro atoms. The van der Waals surface area contributed by atoms with Gasteiger partial charge in [0.2, 0.25) is 0 Å². The number of carboxylic acid groups (broad SMARTS) is 1. The average molecular weight is 359 g/mol. The van der Waals surface area contributed by atoms with Gasteiger partial charge in [0.1, 0.15) is 5.92 Å². The van der Waals surface area contributed by atoms with E-state index < -0.39 is 41.0 Å². The molecule has 0 saturated heterocycles. The molecule has 0 aromatic carbocycles. The fourth-order valence-electron chi connectivity index (χ4n) is 2.53. The van der Waals surface area contributed by atoms with Gasteiger partial charge in [-0.3, -0.25) is 14.3 Å². The highest BCUT2D eigenvalue weighted by atomic mass is 19.4. The normalized spacial score (nSPS) is 22.8. The Balaban J connectivity index is 2.41. The van der Waals surface area contributed by atoms with Crippen LogP contribution in [0, 0.1) is 5.92 Å². The Morgan fingerprint density at radius 3 is 2.68 bits per heavy atom. The molecule has 2 rings (SSSR count). The minimum atomic E-state index is -4.83. The molecule has 10 heteroatoms. The Morgan fingerprint density at radius 1 is 1.44 bits per heavy atom. The summed E-state index contributed by atoms with van der Waals surface area (Å²) in [7, 11) is 1.24. The van der Waals surface area contributed by atoms with Gasteiger partial charge in [0.15, 0.2) is 11.4 Å². The summed E-state index contributed by atoms with van der Waals surface area (Å²) in [4.78, 5) is 23.9. The quantitative estimate of drug-likeness (QED) is 0.781. The molecule has 0 aliphatic heterocycles. The highest BCUT2D eigenvalue weighted by molar-refractivity contribution is 5.96. The van der Waals surface area contributed by atoms with Gasteiger partial charge in [0.25, 0.3) is 5.91 Å². The number of hydrogen-bond donors (Lipinski definition) is 2. The topological polar surface area (TPSA) is 93.5 Å². The van der Waals surface area contributed by atoms with Crippen molar-refractivity contribution >= 4 is 11.9 Å². The van der Waals surface area contributed by atoms with E-state index in [0.29, 0.717) is 0 Å². The number of carboxylic acids is 1. The van der Waals surface area contributed by atoms with E-state index in [9.17, 15) is 27.9 Å². The summed E-state index contributed by atoms with van der Waals surface area (Å²) in [5, 5.41) is 14.9. The average Bonchev–Trinajstić information content (AvgIpc) is 2.90. The van der Waals surface area contributed by atoms with Gasteiger partial charge in [-0.2, -0.15) is 18.3 Å². The first-order valence-corrected chi connectivity index (χ1v) is 7.27. The number of nitrogens with zero attached hydrogens (tertiary/aromatic N) is 2. The molecule has 1 aliphatic rings. The van der Waals surface area contributed by atoms with Crippen LogP contribution in [0.5, 0.6) is 0 Å². The summed E-state index contributed by atoms with van der Waals surface area (Å²) >= 11 is 0. The number of carbonyl (C=O) groups excluding carboxylic acids is 1. The number of carbonyl (C=O) groups is 2. The van der Waals surface area contributed by atoms with E-state index in [4.69, 9.17) is 4.74 Å². The van der Waals surface area contributed by atoms with Crippen molar-refractivity contribution < 1.29 is 32.6 Å². The summed E-state index contributed by atoms with van der Waals surface area (Å²) in [5.41, 5.74) is -3.88. The van der Waals surface area contributed by atoms with Crippen LogP contribution in [0.15, 0.2) is 30.5 Å². The van der Waals surface area contributed by atoms with Crippen LogP contribution in [0.2, 0.25) is 0 Å². The Morgan fingerprint density at radius 2 is 2.12 bits per heavy atom. The van der Waals surface area contributed by atoms with Crippen molar-refractivity contribution in [2.45, 2.75) is 18.8 Å². The van der Waals surface area contributed by atoms with Crippen molar-refractivity contribution in [2.75, 3.05) is 6.61 Å². The largest absolute Gasteiger partial charge is 0.481 e. The van der Waals surface area contributed by atoms with E-state index in [-0.39, 0.29) is 6.61 Å². The van der Waals surface area contributed by atoms with E-state index in [0.717, 1.165) is 10.9 Å². The minimum Gasteiger partial charge on any atom is -0.481 e. The summed E-state index contributed by atoms with van der Waals surface area (Å²) in [5.74, 6) is -3.73. The number of halogens is 3. The molecule has 7 nitrogen and oxygen atoms in total. The first kappa shape index (κ1) is 18.7. The summed E-state index contributed by atoms with van der Waals surface area (Å²) < 4.78 is 45.4. The van der Waals surface area contributed by atoms with Gasteiger partial charge in [-0.15, -0.1) is 0 Å². The number of aryl methyl sites for hydroxylation is 1. The zero-order valence-electron chi connectivity index (χ0n) is 13.4. The molecule has 1 aromatic rings. The van der Waals surface area contributed by atoms with Crippen LogP contribution in [0.4, 0.5) is 13.2 Å². The SMILES string of the molecule is CCOC1(NC(=O)c2cn(C)nc2C(F)(F)F)C=CC=C[C@@H]1C(=O)O. The molecule has 0 saturated carbocycles. The molecule has 0 radical (unpaired) electrons. The molecule has 1 unspecified atom stereocenters. The fourth-order valence-corrected chi connectivity index (χ4v) is 2.53. The Bertz CT molecular complexity index is 739. The van der Waals surface area contributed by atoms with Gasteiger partial charge < -0.3 is 15.2 Å². The summed E-state index contributed by atoms with van der Waals surface area (Å²) in [6, 6.07) is 0. The lowest BCUT2D eigenvalue weighted by atomic mass is 9.90. The molecule has 136 valence electrons. The second kappa shape index (κ2) is 6.71. The highest BCUT2D eigenvalue weighted by Crippen LogP contribution is 2.32. The molecule has 0 bridgehead atoms. The maximum atomic E-state index is 13.0. The summed E-state index contributed by atoms with van der Waals surface area (Å²) in [6.07, 6.45) is 1.55. The Hall–Kier alpha value is -2.62. The van der Waals surface area contributed by atoms with E-state index in [1.165, 1.54) is 31.4 Å². The van der Waals surface area contributed by atoms with E-state index >= 15 is 0 Å². The molecular formula is C15H16F3N3O4. The zero-order chi connectivity index (χ0) is 18.8. The van der Waals surface area contributed by atoms with Gasteiger partial charge in [-0.05, 0) is 13.0 Å². The molecule has 1 aromatic heterocycles. The number of allylic oxidation sites excluding steroid dienone is 2. The van der Waals surface area contributed by atoms with E-state index in [1.807, 2.05) is 0 Å². The number of rotatable bonds is 5. The van der Waals surface area contributed by atoms with Gasteiger partial charge in [0, 0.05) is 19.9 Å².